The summed E-state index contributed by atoms with van der Waals surface area (Å²) in [4.78, 5) is 27.0. The van der Waals surface area contributed by atoms with Gasteiger partial charge in [-0.25, -0.2) is 8.42 Å². The number of hydrogen-bond acceptors (Lipinski definition) is 6. The maximum atomic E-state index is 12.7. The van der Waals surface area contributed by atoms with Crippen molar-refractivity contribution in [2.24, 2.45) is 0 Å². The number of hydrazine groups is 1. The maximum Gasteiger partial charge on any atom is 0.305 e. The zero-order chi connectivity index (χ0) is 21.3. The molecule has 9 heteroatoms. The number of amides is 2. The van der Waals surface area contributed by atoms with E-state index in [2.05, 4.69) is 10.9 Å². The van der Waals surface area contributed by atoms with E-state index in [1.54, 1.807) is 24.3 Å². The van der Waals surface area contributed by atoms with Crippen LogP contribution >= 0.6 is 11.3 Å². The Kier molecular flexibility index (Phi) is 5.66. The third kappa shape index (κ3) is 4.41. The number of nitrogens with one attached hydrogen (secondary N) is 2. The van der Waals surface area contributed by atoms with Crippen LogP contribution in [0.2, 0.25) is 0 Å². The van der Waals surface area contributed by atoms with Gasteiger partial charge in [0.1, 0.15) is 5.58 Å². The molecule has 0 saturated heterocycles. The molecule has 2 heterocycles. The summed E-state index contributed by atoms with van der Waals surface area (Å²) in [6.45, 7) is 0. The molecule has 0 spiro atoms. The average molecular weight is 447 g/mol. The summed E-state index contributed by atoms with van der Waals surface area (Å²) in [7, 11) is -3.40. The van der Waals surface area contributed by atoms with E-state index in [4.69, 9.17) is 4.42 Å². The zero-order valence-electron chi connectivity index (χ0n) is 16.5. The van der Waals surface area contributed by atoms with Crippen LogP contribution in [0.25, 0.3) is 11.0 Å². The quantitative estimate of drug-likeness (QED) is 0.472. The summed E-state index contributed by atoms with van der Waals surface area (Å²) in [5.74, 6) is -1.55. The van der Waals surface area contributed by atoms with Crippen LogP contribution in [0.15, 0.2) is 34.7 Å². The van der Waals surface area contributed by atoms with E-state index in [0.717, 1.165) is 31.9 Å². The third-order valence-corrected chi connectivity index (χ3v) is 7.12. The Morgan fingerprint density at radius 2 is 1.80 bits per heavy atom. The van der Waals surface area contributed by atoms with Crippen LogP contribution in [-0.2, 0) is 28.4 Å². The highest BCUT2D eigenvalue weighted by atomic mass is 32.2. The van der Waals surface area contributed by atoms with Crippen molar-refractivity contribution in [1.29, 1.82) is 0 Å². The third-order valence-electron chi connectivity index (χ3n) is 5.07. The minimum absolute atomic E-state index is 0.121. The molecule has 0 atom stereocenters. The number of sulfone groups is 1. The molecule has 0 saturated carbocycles. The highest BCUT2D eigenvalue weighted by Gasteiger charge is 2.24. The molecule has 1 aliphatic rings. The predicted octanol–water partition coefficient (Wildman–Crippen LogP) is 3.38. The van der Waals surface area contributed by atoms with Crippen LogP contribution in [0.1, 0.15) is 55.5 Å². The molecular formula is C21H22N2O5S2. The number of rotatable bonds is 4. The molecule has 2 aromatic heterocycles. The van der Waals surface area contributed by atoms with Gasteiger partial charge in [0.05, 0.1) is 10.6 Å². The van der Waals surface area contributed by atoms with E-state index in [9.17, 15) is 18.0 Å². The lowest BCUT2D eigenvalue weighted by Gasteiger charge is -2.06. The maximum absolute atomic E-state index is 12.7. The molecule has 2 amide bonds. The topological polar surface area (TPSA) is 105 Å². The van der Waals surface area contributed by atoms with Gasteiger partial charge in [0.15, 0.2) is 15.6 Å². The Labute approximate surface area is 178 Å². The monoisotopic (exact) mass is 446 g/mol. The van der Waals surface area contributed by atoms with Crippen molar-refractivity contribution in [2.75, 3.05) is 6.26 Å². The molecular weight excluding hydrogens is 424 g/mol. The van der Waals surface area contributed by atoms with Gasteiger partial charge in [-0.05, 0) is 43.4 Å². The van der Waals surface area contributed by atoms with Gasteiger partial charge in [-0.3, -0.25) is 20.4 Å². The first-order valence-corrected chi connectivity index (χ1v) is 12.6. The minimum Gasteiger partial charge on any atom is -0.451 e. The molecule has 7 nitrogen and oxygen atoms in total. The van der Waals surface area contributed by atoms with Crippen molar-refractivity contribution in [3.8, 4) is 0 Å². The second-order valence-electron chi connectivity index (χ2n) is 7.50. The smallest absolute Gasteiger partial charge is 0.305 e. The number of furan rings is 1. The van der Waals surface area contributed by atoms with E-state index >= 15 is 0 Å². The van der Waals surface area contributed by atoms with E-state index < -0.39 is 21.7 Å². The molecule has 0 fully saturated rings. The molecule has 1 aromatic carbocycles. The lowest BCUT2D eigenvalue weighted by atomic mass is 10.1. The van der Waals surface area contributed by atoms with E-state index in [1.807, 2.05) is 6.07 Å². The highest BCUT2D eigenvalue weighted by molar-refractivity contribution is 7.89. The Morgan fingerprint density at radius 3 is 2.60 bits per heavy atom. The summed E-state index contributed by atoms with van der Waals surface area (Å²) < 4.78 is 29.3. The van der Waals surface area contributed by atoms with Gasteiger partial charge in [0.25, 0.3) is 5.91 Å². The minimum atomic E-state index is -3.40. The Balaban J connectivity index is 1.52. The van der Waals surface area contributed by atoms with Gasteiger partial charge in [-0.15, -0.1) is 11.3 Å². The van der Waals surface area contributed by atoms with Crippen LogP contribution < -0.4 is 10.9 Å². The fourth-order valence-corrected chi connectivity index (χ4v) is 5.66. The molecule has 0 radical (unpaired) electrons. The lowest BCUT2D eigenvalue weighted by molar-refractivity contribution is 0.0833. The largest absolute Gasteiger partial charge is 0.451 e. The Hall–Kier alpha value is -2.65. The molecule has 30 heavy (non-hydrogen) atoms. The van der Waals surface area contributed by atoms with Crippen molar-refractivity contribution < 1.29 is 22.4 Å². The number of hydrogen-bond donors (Lipinski definition) is 2. The predicted molar refractivity (Wildman–Crippen MR) is 115 cm³/mol. The van der Waals surface area contributed by atoms with Gasteiger partial charge < -0.3 is 4.42 Å². The van der Waals surface area contributed by atoms with Crippen LogP contribution in [0.4, 0.5) is 0 Å². The zero-order valence-corrected chi connectivity index (χ0v) is 18.1. The molecule has 3 aromatic rings. The van der Waals surface area contributed by atoms with Crippen molar-refractivity contribution >= 4 is 44.0 Å². The first-order valence-electron chi connectivity index (χ1n) is 9.72. The summed E-state index contributed by atoms with van der Waals surface area (Å²) in [6, 6.07) is 8.74. The van der Waals surface area contributed by atoms with Crippen LogP contribution in [-0.4, -0.2) is 26.5 Å². The molecule has 4 rings (SSSR count). The number of carbonyl (C=O) groups is 2. The molecule has 0 aliphatic heterocycles. The van der Waals surface area contributed by atoms with Gasteiger partial charge >= 0.3 is 5.91 Å². The van der Waals surface area contributed by atoms with Gasteiger partial charge in [0, 0.05) is 22.1 Å². The number of benzene rings is 1. The Bertz CT molecular complexity index is 1200. The fourth-order valence-electron chi connectivity index (χ4n) is 3.70. The second-order valence-corrected chi connectivity index (χ2v) is 10.8. The van der Waals surface area contributed by atoms with E-state index in [-0.39, 0.29) is 17.1 Å². The lowest BCUT2D eigenvalue weighted by Crippen LogP contribution is -2.41. The van der Waals surface area contributed by atoms with Gasteiger partial charge in [-0.2, -0.15) is 0 Å². The fraction of sp³-hybridized carbons (Fsp3) is 0.333. The number of fused-ring (bicyclic) bond motifs is 2. The van der Waals surface area contributed by atoms with Crippen molar-refractivity contribution in [1.82, 2.24) is 10.9 Å². The molecule has 0 unspecified atom stereocenters. The summed E-state index contributed by atoms with van der Waals surface area (Å²) in [5, 5.41) is 0.557. The van der Waals surface area contributed by atoms with Crippen LogP contribution in [0.3, 0.4) is 0 Å². The summed E-state index contributed by atoms with van der Waals surface area (Å²) >= 11 is 1.45. The molecule has 1 aliphatic carbocycles. The van der Waals surface area contributed by atoms with E-state index in [1.165, 1.54) is 28.2 Å². The number of para-hydroxylation sites is 1. The van der Waals surface area contributed by atoms with Gasteiger partial charge in [0.2, 0.25) is 0 Å². The first kappa shape index (κ1) is 20.6. The normalized spacial score (nSPS) is 14.2. The number of carbonyl (C=O) groups excluding carboxylic acids is 2. The molecule has 0 bridgehead atoms. The van der Waals surface area contributed by atoms with Crippen LogP contribution in [0, 0.1) is 0 Å². The van der Waals surface area contributed by atoms with Crippen LogP contribution in [0.5, 0.6) is 0 Å². The standard InChI is InChI=1S/C21H22N2O5S2/c1-30(26,27)12-15-14-8-5-6-9-16(14)28-19(15)21(25)23-22-20(24)18-11-13-7-3-2-4-10-17(13)29-18/h5-6,8-9,11H,2-4,7,10,12H2,1H3,(H,22,24)(H,23,25). The number of thiophene rings is 1. The first-order chi connectivity index (χ1) is 14.3. The Morgan fingerprint density at radius 1 is 1.07 bits per heavy atom. The summed E-state index contributed by atoms with van der Waals surface area (Å²) in [6.07, 6.45) is 6.50. The van der Waals surface area contributed by atoms with Crippen molar-refractivity contribution in [2.45, 2.75) is 37.9 Å². The molecule has 158 valence electrons. The van der Waals surface area contributed by atoms with Crippen molar-refractivity contribution in [3.63, 3.8) is 0 Å². The van der Waals surface area contributed by atoms with Crippen molar-refractivity contribution in [3.05, 3.63) is 57.0 Å². The van der Waals surface area contributed by atoms with E-state index in [0.29, 0.717) is 15.8 Å². The summed E-state index contributed by atoms with van der Waals surface area (Å²) in [5.41, 5.74) is 6.68. The SMILES string of the molecule is CS(=O)(=O)Cc1c(C(=O)NNC(=O)c2cc3c(s2)CCCCC3)oc2ccccc12. The highest BCUT2D eigenvalue weighted by Crippen LogP contribution is 2.29. The number of aryl methyl sites for hydroxylation is 2. The average Bonchev–Trinajstić information content (AvgIpc) is 3.19. The molecule has 2 N–H and O–H groups in total. The van der Waals surface area contributed by atoms with Gasteiger partial charge in [-0.1, -0.05) is 24.6 Å². The second kappa shape index (κ2) is 8.23.